The molecule has 0 spiro atoms. The number of rotatable bonds is 5. The molecule has 2 aliphatic rings. The summed E-state index contributed by atoms with van der Waals surface area (Å²) in [5.41, 5.74) is 3.09. The number of benzene rings is 3. The average Bonchev–Trinajstić information content (AvgIpc) is 3.62. The van der Waals surface area contributed by atoms with Gasteiger partial charge in [0.25, 0.3) is 5.91 Å². The second kappa shape index (κ2) is 8.75. The van der Waals surface area contributed by atoms with Gasteiger partial charge in [0.05, 0.1) is 22.6 Å². The van der Waals surface area contributed by atoms with Gasteiger partial charge in [0.15, 0.2) is 0 Å². The predicted molar refractivity (Wildman–Crippen MR) is 132 cm³/mol. The van der Waals surface area contributed by atoms with E-state index in [2.05, 4.69) is 0 Å². The SMILES string of the molecule is O=C(c1ccccc1F)N(CC(=O)N1c2ccccc2-n2cccc2C1c1ccc(F)cc1)C1CC1. The topological polar surface area (TPSA) is 45.6 Å². The molecule has 2 amide bonds. The van der Waals surface area contributed by atoms with Crippen LogP contribution in [0.15, 0.2) is 91.1 Å². The van der Waals surface area contributed by atoms with Gasteiger partial charge in [0.2, 0.25) is 5.91 Å². The number of fused-ring (bicyclic) bond motifs is 3. The van der Waals surface area contributed by atoms with Crippen LogP contribution in [0.5, 0.6) is 0 Å². The monoisotopic (exact) mass is 483 g/mol. The van der Waals surface area contributed by atoms with Crippen molar-refractivity contribution in [3.8, 4) is 5.69 Å². The number of amides is 2. The van der Waals surface area contributed by atoms with Crippen molar-refractivity contribution in [3.05, 3.63) is 120 Å². The van der Waals surface area contributed by atoms with E-state index < -0.39 is 17.8 Å². The summed E-state index contributed by atoms with van der Waals surface area (Å²) in [7, 11) is 0. The smallest absolute Gasteiger partial charge is 0.257 e. The fourth-order valence-electron chi connectivity index (χ4n) is 4.99. The maximum atomic E-state index is 14.4. The molecule has 1 atom stereocenters. The van der Waals surface area contributed by atoms with Crippen LogP contribution in [0, 0.1) is 11.6 Å². The zero-order valence-electron chi connectivity index (χ0n) is 19.4. The van der Waals surface area contributed by atoms with E-state index in [0.717, 1.165) is 29.8 Å². The van der Waals surface area contributed by atoms with Crippen molar-refractivity contribution >= 4 is 17.5 Å². The molecule has 1 aromatic heterocycles. The Kier molecular flexibility index (Phi) is 5.40. The lowest BCUT2D eigenvalue weighted by Gasteiger charge is -2.39. The van der Waals surface area contributed by atoms with Crippen LogP contribution in [0.2, 0.25) is 0 Å². The summed E-state index contributed by atoms with van der Waals surface area (Å²) in [6.45, 7) is -0.190. The van der Waals surface area contributed by atoms with Crippen molar-refractivity contribution in [2.75, 3.05) is 11.4 Å². The minimum Gasteiger partial charge on any atom is -0.326 e. The average molecular weight is 484 g/mol. The van der Waals surface area contributed by atoms with Crippen molar-refractivity contribution < 1.29 is 18.4 Å². The number of nitrogens with zero attached hydrogens (tertiary/aromatic N) is 3. The van der Waals surface area contributed by atoms with E-state index in [1.165, 1.54) is 35.2 Å². The fraction of sp³-hybridized carbons (Fsp3) is 0.172. The van der Waals surface area contributed by atoms with E-state index in [0.29, 0.717) is 5.69 Å². The largest absolute Gasteiger partial charge is 0.326 e. The summed E-state index contributed by atoms with van der Waals surface area (Å²) in [5.74, 6) is -1.75. The molecule has 1 unspecified atom stereocenters. The Bertz CT molecular complexity index is 1460. The first-order valence-electron chi connectivity index (χ1n) is 11.9. The molecule has 36 heavy (non-hydrogen) atoms. The minimum atomic E-state index is -0.606. The number of carbonyl (C=O) groups excluding carboxylic acids is 2. The van der Waals surface area contributed by atoms with Gasteiger partial charge in [-0.05, 0) is 66.9 Å². The Balaban J connectivity index is 1.42. The first-order valence-corrected chi connectivity index (χ1v) is 11.9. The molecule has 1 aliphatic carbocycles. The molecular weight excluding hydrogens is 460 g/mol. The lowest BCUT2D eigenvalue weighted by Crippen LogP contribution is -2.47. The van der Waals surface area contributed by atoms with Gasteiger partial charge in [0.1, 0.15) is 24.2 Å². The summed E-state index contributed by atoms with van der Waals surface area (Å²) in [6.07, 6.45) is 3.48. The van der Waals surface area contributed by atoms with Gasteiger partial charge < -0.3 is 9.47 Å². The number of anilines is 1. The summed E-state index contributed by atoms with van der Waals surface area (Å²) in [5, 5.41) is 0. The highest BCUT2D eigenvalue weighted by atomic mass is 19.1. The summed E-state index contributed by atoms with van der Waals surface area (Å²) >= 11 is 0. The molecule has 5 nitrogen and oxygen atoms in total. The van der Waals surface area contributed by atoms with E-state index in [-0.39, 0.29) is 29.9 Å². The van der Waals surface area contributed by atoms with Crippen LogP contribution in [0.3, 0.4) is 0 Å². The van der Waals surface area contributed by atoms with Crippen LogP contribution in [-0.2, 0) is 4.79 Å². The van der Waals surface area contributed by atoms with Crippen LogP contribution < -0.4 is 4.90 Å². The van der Waals surface area contributed by atoms with Crippen molar-refractivity contribution in [2.24, 2.45) is 0 Å². The van der Waals surface area contributed by atoms with E-state index in [1.807, 2.05) is 47.2 Å². The molecule has 1 saturated carbocycles. The quantitative estimate of drug-likeness (QED) is 0.377. The lowest BCUT2D eigenvalue weighted by atomic mass is 9.97. The van der Waals surface area contributed by atoms with E-state index >= 15 is 0 Å². The van der Waals surface area contributed by atoms with Crippen LogP contribution in [-0.4, -0.2) is 33.9 Å². The molecule has 0 bridgehead atoms. The molecule has 3 aromatic carbocycles. The van der Waals surface area contributed by atoms with Crippen LogP contribution in [0.4, 0.5) is 14.5 Å². The van der Waals surface area contributed by atoms with Gasteiger partial charge in [-0.25, -0.2) is 8.78 Å². The van der Waals surface area contributed by atoms with Gasteiger partial charge >= 0.3 is 0 Å². The highest BCUT2D eigenvalue weighted by molar-refractivity contribution is 6.03. The van der Waals surface area contributed by atoms with E-state index in [1.54, 1.807) is 23.1 Å². The van der Waals surface area contributed by atoms with Crippen LogP contribution >= 0.6 is 0 Å². The van der Waals surface area contributed by atoms with Gasteiger partial charge in [0, 0.05) is 12.2 Å². The molecule has 1 aliphatic heterocycles. The standard InChI is InChI=1S/C29H23F2N3O2/c30-20-13-11-19(12-14-20)28-26-10-5-17-32(26)24-8-3-4-9-25(24)34(28)27(35)18-33(21-15-16-21)29(36)22-6-1-2-7-23(22)31/h1-14,17,21,28H,15-16,18H2. The highest BCUT2D eigenvalue weighted by Crippen LogP contribution is 2.42. The molecule has 2 heterocycles. The Morgan fingerprint density at radius 1 is 0.833 bits per heavy atom. The van der Waals surface area contributed by atoms with E-state index in [4.69, 9.17) is 0 Å². The highest BCUT2D eigenvalue weighted by Gasteiger charge is 2.40. The molecule has 180 valence electrons. The third-order valence-electron chi connectivity index (χ3n) is 6.83. The maximum absolute atomic E-state index is 14.4. The molecule has 4 aromatic rings. The number of aromatic nitrogens is 1. The molecule has 0 N–H and O–H groups in total. The summed E-state index contributed by atoms with van der Waals surface area (Å²) < 4.78 is 30.2. The molecule has 1 fully saturated rings. The fourth-order valence-corrected chi connectivity index (χ4v) is 4.99. The van der Waals surface area contributed by atoms with Crippen molar-refractivity contribution in [2.45, 2.75) is 24.9 Å². The first kappa shape index (κ1) is 22.2. The summed E-state index contributed by atoms with van der Waals surface area (Å²) in [6, 6.07) is 22.7. The van der Waals surface area contributed by atoms with Gasteiger partial charge in [-0.3, -0.25) is 14.5 Å². The van der Waals surface area contributed by atoms with Crippen LogP contribution in [0.25, 0.3) is 5.69 Å². The molecule has 6 rings (SSSR count). The second-order valence-corrected chi connectivity index (χ2v) is 9.15. The predicted octanol–water partition coefficient (Wildman–Crippen LogP) is 5.50. The number of hydrogen-bond acceptors (Lipinski definition) is 2. The maximum Gasteiger partial charge on any atom is 0.257 e. The van der Waals surface area contributed by atoms with Crippen molar-refractivity contribution in [1.29, 1.82) is 0 Å². The van der Waals surface area contributed by atoms with E-state index in [9.17, 15) is 18.4 Å². The Hall–Kier alpha value is -4.26. The Morgan fingerprint density at radius 3 is 2.25 bits per heavy atom. The molecule has 0 radical (unpaired) electrons. The minimum absolute atomic E-state index is 0.0415. The van der Waals surface area contributed by atoms with Crippen molar-refractivity contribution in [1.82, 2.24) is 9.47 Å². The lowest BCUT2D eigenvalue weighted by molar-refractivity contribution is -0.119. The second-order valence-electron chi connectivity index (χ2n) is 9.15. The number of halogens is 2. The zero-order chi connectivity index (χ0) is 24.8. The number of para-hydroxylation sites is 2. The zero-order valence-corrected chi connectivity index (χ0v) is 19.4. The van der Waals surface area contributed by atoms with Gasteiger partial charge in [-0.2, -0.15) is 0 Å². The first-order chi connectivity index (χ1) is 17.5. The van der Waals surface area contributed by atoms with Gasteiger partial charge in [-0.1, -0.05) is 36.4 Å². The Labute approximate surface area is 207 Å². The third kappa shape index (κ3) is 3.77. The van der Waals surface area contributed by atoms with Crippen molar-refractivity contribution in [3.63, 3.8) is 0 Å². The number of hydrogen-bond donors (Lipinski definition) is 0. The number of carbonyl (C=O) groups is 2. The molecular formula is C29H23F2N3O2. The summed E-state index contributed by atoms with van der Waals surface area (Å²) in [4.78, 5) is 30.6. The third-order valence-corrected chi connectivity index (χ3v) is 6.83. The Morgan fingerprint density at radius 2 is 1.53 bits per heavy atom. The normalized spacial score (nSPS) is 16.3. The van der Waals surface area contributed by atoms with Gasteiger partial charge in [-0.15, -0.1) is 0 Å². The molecule has 7 heteroatoms. The van der Waals surface area contributed by atoms with Crippen LogP contribution in [0.1, 0.15) is 40.5 Å². The molecule has 0 saturated heterocycles.